The summed E-state index contributed by atoms with van der Waals surface area (Å²) in [7, 11) is 0. The monoisotopic (exact) mass is 446 g/mol. The van der Waals surface area contributed by atoms with Crippen LogP contribution in [0.4, 0.5) is 0 Å². The molecule has 0 aliphatic carbocycles. The first-order chi connectivity index (χ1) is 15.2. The van der Waals surface area contributed by atoms with Crippen LogP contribution >= 0.6 is 23.6 Å². The molecule has 0 saturated carbocycles. The molecule has 0 amide bonds. The van der Waals surface area contributed by atoms with E-state index in [1.165, 1.54) is 20.9 Å². The van der Waals surface area contributed by atoms with E-state index >= 15 is 0 Å². The predicted octanol–water partition coefficient (Wildman–Crippen LogP) is 2.90. The van der Waals surface area contributed by atoms with Crippen molar-refractivity contribution in [3.8, 4) is 5.69 Å². The fourth-order valence-corrected chi connectivity index (χ4v) is 6.26. The number of aromatic amines is 1. The number of nitrogens with one attached hydrogen (secondary N) is 2. The van der Waals surface area contributed by atoms with Gasteiger partial charge in [0.2, 0.25) is 10.5 Å². The Balaban J connectivity index is 1.54. The Morgan fingerprint density at radius 2 is 1.84 bits per heavy atom. The van der Waals surface area contributed by atoms with E-state index in [1.807, 2.05) is 34.7 Å². The minimum absolute atomic E-state index is 0.0216. The van der Waals surface area contributed by atoms with Gasteiger partial charge in [-0.2, -0.15) is 0 Å². The number of benzene rings is 2. The highest BCUT2D eigenvalue weighted by molar-refractivity contribution is 7.71. The maximum Gasteiger partial charge on any atom is 0.268 e. The van der Waals surface area contributed by atoms with E-state index in [1.54, 1.807) is 15.9 Å². The Morgan fingerprint density at radius 3 is 2.61 bits per heavy atom. The molecular weight excluding hydrogens is 426 g/mol. The topological polar surface area (TPSA) is 59.5 Å². The lowest BCUT2D eigenvalue weighted by atomic mass is 10.0. The van der Waals surface area contributed by atoms with Gasteiger partial charge in [-0.15, -0.1) is 16.4 Å². The lowest BCUT2D eigenvalue weighted by molar-refractivity contribution is -0.929. The van der Waals surface area contributed by atoms with Gasteiger partial charge in [0.15, 0.2) is 0 Å². The number of quaternary nitrogens is 1. The summed E-state index contributed by atoms with van der Waals surface area (Å²) in [5.41, 5.74) is 3.29. The highest BCUT2D eigenvalue weighted by Crippen LogP contribution is 2.31. The second kappa shape index (κ2) is 7.26. The molecule has 2 N–H and O–H groups in total. The molecule has 0 bridgehead atoms. The molecule has 0 saturated heterocycles. The number of para-hydroxylation sites is 1. The number of thiophene rings is 1. The normalized spacial score (nSPS) is 16.1. The summed E-state index contributed by atoms with van der Waals surface area (Å²) in [4.78, 5) is 17.4. The van der Waals surface area contributed by atoms with E-state index in [9.17, 15) is 4.79 Å². The summed E-state index contributed by atoms with van der Waals surface area (Å²) in [6.07, 6.45) is 0.887. The molecule has 5 aromatic rings. The summed E-state index contributed by atoms with van der Waals surface area (Å²) >= 11 is 7.23. The molecule has 8 heteroatoms. The second-order valence-electron chi connectivity index (χ2n) is 7.91. The van der Waals surface area contributed by atoms with Crippen molar-refractivity contribution in [2.24, 2.45) is 0 Å². The third-order valence-corrected chi connectivity index (χ3v) is 7.49. The Kier molecular flexibility index (Phi) is 4.38. The van der Waals surface area contributed by atoms with Gasteiger partial charge in [-0.05, 0) is 29.9 Å². The molecule has 4 heterocycles. The summed E-state index contributed by atoms with van der Waals surface area (Å²) in [5, 5.41) is 8.06. The van der Waals surface area contributed by atoms with Gasteiger partial charge in [-0.1, -0.05) is 48.5 Å². The molecule has 2 aromatic carbocycles. The molecular formula is C23H20N5OS2+. The van der Waals surface area contributed by atoms with Gasteiger partial charge in [0, 0.05) is 12.0 Å². The van der Waals surface area contributed by atoms with E-state index in [0.29, 0.717) is 10.5 Å². The Morgan fingerprint density at radius 1 is 1.10 bits per heavy atom. The van der Waals surface area contributed by atoms with Crippen LogP contribution in [-0.2, 0) is 19.5 Å². The largest absolute Gasteiger partial charge is 0.326 e. The number of hydrogen-bond acceptors (Lipinski definition) is 4. The van der Waals surface area contributed by atoms with E-state index in [-0.39, 0.29) is 5.56 Å². The van der Waals surface area contributed by atoms with Gasteiger partial charge in [-0.3, -0.25) is 4.79 Å². The van der Waals surface area contributed by atoms with Crippen LogP contribution in [0, 0.1) is 4.77 Å². The highest BCUT2D eigenvalue weighted by atomic mass is 32.1. The van der Waals surface area contributed by atoms with Crippen molar-refractivity contribution < 1.29 is 4.90 Å². The van der Waals surface area contributed by atoms with Gasteiger partial charge in [0.25, 0.3) is 5.56 Å². The zero-order valence-electron chi connectivity index (χ0n) is 16.7. The van der Waals surface area contributed by atoms with Crippen molar-refractivity contribution in [1.82, 2.24) is 19.2 Å². The minimum Gasteiger partial charge on any atom is -0.326 e. The lowest BCUT2D eigenvalue weighted by Crippen LogP contribution is -3.10. The summed E-state index contributed by atoms with van der Waals surface area (Å²) < 4.78 is 4.10. The Hall–Kier alpha value is -3.07. The Bertz CT molecular complexity index is 1530. The van der Waals surface area contributed by atoms with Gasteiger partial charge in [0.1, 0.15) is 17.9 Å². The molecule has 31 heavy (non-hydrogen) atoms. The van der Waals surface area contributed by atoms with Crippen molar-refractivity contribution in [3.63, 3.8) is 0 Å². The predicted molar refractivity (Wildman–Crippen MR) is 125 cm³/mol. The number of fused-ring (bicyclic) bond motifs is 5. The van der Waals surface area contributed by atoms with Crippen molar-refractivity contribution in [2.45, 2.75) is 19.5 Å². The third-order valence-electron chi connectivity index (χ3n) is 6.00. The van der Waals surface area contributed by atoms with E-state index < -0.39 is 0 Å². The van der Waals surface area contributed by atoms with Crippen LogP contribution in [0.25, 0.3) is 21.7 Å². The van der Waals surface area contributed by atoms with Gasteiger partial charge in [0.05, 0.1) is 22.5 Å². The number of H-pyrrole nitrogens is 1. The molecule has 0 spiro atoms. The van der Waals surface area contributed by atoms with Gasteiger partial charge in [-0.25, -0.2) is 14.1 Å². The molecule has 1 aliphatic heterocycles. The summed E-state index contributed by atoms with van der Waals surface area (Å²) in [5.74, 6) is 0.529. The van der Waals surface area contributed by atoms with Crippen LogP contribution in [0.2, 0.25) is 0 Å². The number of nitrogens with zero attached hydrogens (tertiary/aromatic N) is 3. The molecule has 1 atom stereocenters. The molecule has 0 radical (unpaired) electrons. The summed E-state index contributed by atoms with van der Waals surface area (Å²) in [6, 6.07) is 20.2. The summed E-state index contributed by atoms with van der Waals surface area (Å²) in [6.45, 7) is 2.91. The van der Waals surface area contributed by atoms with Crippen LogP contribution < -0.4 is 10.5 Å². The van der Waals surface area contributed by atoms with E-state index in [4.69, 9.17) is 12.2 Å². The molecule has 1 unspecified atom stereocenters. The molecule has 154 valence electrons. The standard InChI is InChI=1S/C23H19N5OS2/c29-20-19-17-11-12-26(13-15-7-3-1-4-8-15)14-18(17)31-21(19)28-22(24-25-23(28)30)27(20)16-9-5-2-6-10-16/h1-10H,11-14H2,(H,25,30)/p+1. The molecule has 1 aliphatic rings. The fraction of sp³-hybridized carbons (Fsp3) is 0.174. The van der Waals surface area contributed by atoms with Gasteiger partial charge < -0.3 is 4.90 Å². The average molecular weight is 447 g/mol. The second-order valence-corrected chi connectivity index (χ2v) is 9.38. The SMILES string of the molecule is O=c1c2c3c(sc2n2c(=S)[nH]nc2n1-c1ccccc1)C[NH+](Cc1ccccc1)CC3. The molecule has 3 aromatic heterocycles. The van der Waals surface area contributed by atoms with Crippen molar-refractivity contribution in [2.75, 3.05) is 6.54 Å². The van der Waals surface area contributed by atoms with Crippen molar-refractivity contribution >= 4 is 39.5 Å². The fourth-order valence-electron chi connectivity index (χ4n) is 4.57. The zero-order chi connectivity index (χ0) is 20.9. The first-order valence-corrected chi connectivity index (χ1v) is 11.5. The molecule has 6 rings (SSSR count). The van der Waals surface area contributed by atoms with Crippen LogP contribution in [0.5, 0.6) is 0 Å². The van der Waals surface area contributed by atoms with Crippen LogP contribution in [-0.4, -0.2) is 25.7 Å². The first-order valence-electron chi connectivity index (χ1n) is 10.3. The quantitative estimate of drug-likeness (QED) is 0.419. The highest BCUT2D eigenvalue weighted by Gasteiger charge is 2.28. The first kappa shape index (κ1) is 18.7. The smallest absolute Gasteiger partial charge is 0.268 e. The average Bonchev–Trinajstić information content (AvgIpc) is 3.36. The van der Waals surface area contributed by atoms with E-state index in [0.717, 1.165) is 42.0 Å². The van der Waals surface area contributed by atoms with Crippen molar-refractivity contribution in [3.05, 3.63) is 91.8 Å². The van der Waals surface area contributed by atoms with Crippen LogP contribution in [0.15, 0.2) is 65.5 Å². The van der Waals surface area contributed by atoms with E-state index in [2.05, 4.69) is 40.5 Å². The zero-order valence-corrected chi connectivity index (χ0v) is 18.3. The number of rotatable bonds is 3. The van der Waals surface area contributed by atoms with Crippen molar-refractivity contribution in [1.29, 1.82) is 0 Å². The number of aromatic nitrogens is 4. The molecule has 6 nitrogen and oxygen atoms in total. The van der Waals surface area contributed by atoms with Gasteiger partial charge >= 0.3 is 0 Å². The van der Waals surface area contributed by atoms with Crippen LogP contribution in [0.3, 0.4) is 0 Å². The lowest BCUT2D eigenvalue weighted by Gasteiger charge is -2.23. The third kappa shape index (κ3) is 2.98. The minimum atomic E-state index is -0.0216. The van der Waals surface area contributed by atoms with Crippen LogP contribution in [0.1, 0.15) is 16.0 Å². The maximum absolute atomic E-state index is 13.7. The maximum atomic E-state index is 13.7. The number of hydrogen-bond donors (Lipinski definition) is 2. The molecule has 0 fully saturated rings. The Labute approximate surface area is 187 Å².